The molecule has 1 rings (SSSR count). The molecule has 0 aliphatic carbocycles. The molecule has 0 radical (unpaired) electrons. The summed E-state index contributed by atoms with van der Waals surface area (Å²) in [5.41, 5.74) is 5.03. The van der Waals surface area contributed by atoms with Gasteiger partial charge in [0.2, 0.25) is 11.8 Å². The van der Waals surface area contributed by atoms with E-state index < -0.39 is 5.41 Å². The average Bonchev–Trinajstić information content (AvgIpc) is 2.59. The number of hydrogen-bond donors (Lipinski definition) is 2. The highest BCUT2D eigenvalue weighted by molar-refractivity contribution is 5.91. The molecule has 1 saturated heterocycles. The molecule has 1 aliphatic rings. The van der Waals surface area contributed by atoms with Gasteiger partial charge in [-0.3, -0.25) is 9.59 Å². The Labute approximate surface area is 96.4 Å². The molecule has 1 fully saturated rings. The number of nitrogens with zero attached hydrogens (tertiary/aromatic N) is 1. The van der Waals surface area contributed by atoms with E-state index in [0.717, 1.165) is 0 Å². The molecule has 16 heavy (non-hydrogen) atoms. The normalized spacial score (nSPS) is 24.4. The zero-order valence-corrected chi connectivity index (χ0v) is 10.2. The maximum atomic E-state index is 12.0. The molecule has 2 atom stereocenters. The third-order valence-corrected chi connectivity index (χ3v) is 3.51. The van der Waals surface area contributed by atoms with Crippen molar-refractivity contribution in [3.63, 3.8) is 0 Å². The second-order valence-electron chi connectivity index (χ2n) is 4.69. The summed E-state index contributed by atoms with van der Waals surface area (Å²) in [6.07, 6.45) is 1.36. The van der Waals surface area contributed by atoms with Crippen molar-refractivity contribution in [3.8, 4) is 0 Å². The number of rotatable bonds is 4. The van der Waals surface area contributed by atoms with Crippen molar-refractivity contribution in [1.29, 1.82) is 0 Å². The van der Waals surface area contributed by atoms with E-state index >= 15 is 0 Å². The lowest BCUT2D eigenvalue weighted by Crippen LogP contribution is -2.49. The summed E-state index contributed by atoms with van der Waals surface area (Å²) in [6.45, 7) is 4.75. The van der Waals surface area contributed by atoms with Crippen molar-refractivity contribution < 1.29 is 9.59 Å². The van der Waals surface area contributed by atoms with Crippen LogP contribution in [0.2, 0.25) is 0 Å². The van der Waals surface area contributed by atoms with Crippen LogP contribution in [0.1, 0.15) is 26.7 Å². The maximum absolute atomic E-state index is 12.0. The van der Waals surface area contributed by atoms with Crippen molar-refractivity contribution in [1.82, 2.24) is 10.2 Å². The van der Waals surface area contributed by atoms with Gasteiger partial charge in [-0.25, -0.2) is 0 Å². The highest BCUT2D eigenvalue weighted by Crippen LogP contribution is 2.20. The minimum absolute atomic E-state index is 0.0103. The first kappa shape index (κ1) is 13.0. The Morgan fingerprint density at radius 3 is 2.69 bits per heavy atom. The van der Waals surface area contributed by atoms with E-state index in [4.69, 9.17) is 5.73 Å². The highest BCUT2D eigenvalue weighted by Gasteiger charge is 2.36. The van der Waals surface area contributed by atoms with Crippen LogP contribution in [0.3, 0.4) is 0 Å². The Balaban J connectivity index is 2.61. The van der Waals surface area contributed by atoms with Gasteiger partial charge in [0.1, 0.15) is 6.04 Å². The van der Waals surface area contributed by atoms with Crippen LogP contribution < -0.4 is 11.1 Å². The molecule has 3 N–H and O–H groups in total. The quantitative estimate of drug-likeness (QED) is 0.693. The second-order valence-corrected chi connectivity index (χ2v) is 4.69. The van der Waals surface area contributed by atoms with Crippen LogP contribution in [-0.2, 0) is 9.59 Å². The van der Waals surface area contributed by atoms with Gasteiger partial charge in [-0.15, -0.1) is 0 Å². The maximum Gasteiger partial charge on any atom is 0.244 e. The third kappa shape index (κ3) is 2.35. The third-order valence-electron chi connectivity index (χ3n) is 3.51. The molecule has 0 spiro atoms. The largest absolute Gasteiger partial charge is 0.344 e. The summed E-state index contributed by atoms with van der Waals surface area (Å²) >= 11 is 0. The van der Waals surface area contributed by atoms with Gasteiger partial charge in [-0.2, -0.15) is 0 Å². The van der Waals surface area contributed by atoms with E-state index in [0.29, 0.717) is 25.9 Å². The Kier molecular flexibility index (Phi) is 3.91. The number of carbonyl (C=O) groups is 2. The zero-order valence-electron chi connectivity index (χ0n) is 10.2. The molecule has 5 heteroatoms. The van der Waals surface area contributed by atoms with Crippen molar-refractivity contribution in [2.24, 2.45) is 11.1 Å². The predicted molar refractivity (Wildman–Crippen MR) is 61.6 cm³/mol. The van der Waals surface area contributed by atoms with Crippen LogP contribution in [0.5, 0.6) is 0 Å². The van der Waals surface area contributed by atoms with Gasteiger partial charge in [0.25, 0.3) is 0 Å². The topological polar surface area (TPSA) is 75.4 Å². The Morgan fingerprint density at radius 2 is 2.31 bits per heavy atom. The van der Waals surface area contributed by atoms with Crippen LogP contribution in [0.4, 0.5) is 0 Å². The molecule has 1 aliphatic heterocycles. The van der Waals surface area contributed by atoms with Gasteiger partial charge in [-0.1, -0.05) is 6.92 Å². The first-order chi connectivity index (χ1) is 7.44. The van der Waals surface area contributed by atoms with Crippen LogP contribution in [-0.4, -0.2) is 42.9 Å². The average molecular weight is 227 g/mol. The van der Waals surface area contributed by atoms with Gasteiger partial charge < -0.3 is 16.0 Å². The minimum Gasteiger partial charge on any atom is -0.344 e. The summed E-state index contributed by atoms with van der Waals surface area (Å²) in [4.78, 5) is 25.2. The molecule has 0 aromatic rings. The minimum atomic E-state index is -0.568. The van der Waals surface area contributed by atoms with Crippen molar-refractivity contribution in [2.75, 3.05) is 20.1 Å². The molecular weight excluding hydrogens is 206 g/mol. The predicted octanol–water partition coefficient (Wildman–Crippen LogP) is -0.292. The molecule has 92 valence electrons. The van der Waals surface area contributed by atoms with Crippen LogP contribution in [0.15, 0.2) is 0 Å². The van der Waals surface area contributed by atoms with Crippen molar-refractivity contribution >= 4 is 11.8 Å². The first-order valence-electron chi connectivity index (χ1n) is 5.70. The fourth-order valence-electron chi connectivity index (χ4n) is 1.69. The van der Waals surface area contributed by atoms with Crippen LogP contribution in [0, 0.1) is 5.41 Å². The lowest BCUT2D eigenvalue weighted by Gasteiger charge is -2.26. The summed E-state index contributed by atoms with van der Waals surface area (Å²) in [7, 11) is 1.75. The number of likely N-dealkylation sites (N-methyl/N-ethyl adjacent to an activating group) is 1. The van der Waals surface area contributed by atoms with Crippen LogP contribution in [0.25, 0.3) is 0 Å². The molecule has 0 aromatic heterocycles. The fraction of sp³-hybridized carbons (Fsp3) is 0.818. The second kappa shape index (κ2) is 4.82. The first-order valence-corrected chi connectivity index (χ1v) is 5.70. The van der Waals surface area contributed by atoms with Crippen LogP contribution >= 0.6 is 0 Å². The number of amides is 2. The molecule has 0 bridgehead atoms. The molecule has 5 nitrogen and oxygen atoms in total. The number of hydrogen-bond acceptors (Lipinski definition) is 3. The molecule has 1 heterocycles. The fourth-order valence-corrected chi connectivity index (χ4v) is 1.69. The van der Waals surface area contributed by atoms with E-state index in [1.807, 2.05) is 13.8 Å². The Bertz CT molecular complexity index is 287. The lowest BCUT2D eigenvalue weighted by molar-refractivity contribution is -0.135. The van der Waals surface area contributed by atoms with E-state index in [2.05, 4.69) is 5.32 Å². The molecule has 0 aromatic carbocycles. The van der Waals surface area contributed by atoms with Gasteiger partial charge in [0.05, 0.1) is 5.41 Å². The standard InChI is InChI=1S/C11H21N3O2/c1-4-11(2,7-12)10(16)13-8-5-6-14(3)9(8)15/h8H,4-7,12H2,1-3H3,(H,13,16). The molecular formula is C11H21N3O2. The number of carbonyl (C=O) groups excluding carboxylic acids is 2. The summed E-state index contributed by atoms with van der Waals surface area (Å²) in [5, 5.41) is 2.79. The number of likely N-dealkylation sites (tertiary alicyclic amines) is 1. The SMILES string of the molecule is CCC(C)(CN)C(=O)NC1CCN(C)C1=O. The highest BCUT2D eigenvalue weighted by atomic mass is 16.2. The summed E-state index contributed by atoms with van der Waals surface area (Å²) in [6, 6.07) is -0.366. The van der Waals surface area contributed by atoms with Crippen molar-refractivity contribution in [2.45, 2.75) is 32.7 Å². The van der Waals surface area contributed by atoms with E-state index in [1.165, 1.54) is 0 Å². The van der Waals surface area contributed by atoms with E-state index in [9.17, 15) is 9.59 Å². The summed E-state index contributed by atoms with van der Waals surface area (Å²) in [5.74, 6) is -0.130. The van der Waals surface area contributed by atoms with E-state index in [-0.39, 0.29) is 17.9 Å². The Hall–Kier alpha value is -1.10. The Morgan fingerprint density at radius 1 is 1.69 bits per heavy atom. The van der Waals surface area contributed by atoms with Gasteiger partial charge in [0.15, 0.2) is 0 Å². The summed E-state index contributed by atoms with van der Waals surface area (Å²) < 4.78 is 0. The number of nitrogens with two attached hydrogens (primary N) is 1. The van der Waals surface area contributed by atoms with Crippen molar-refractivity contribution in [3.05, 3.63) is 0 Å². The zero-order chi connectivity index (χ0) is 12.3. The van der Waals surface area contributed by atoms with Gasteiger partial charge in [0, 0.05) is 20.1 Å². The van der Waals surface area contributed by atoms with Gasteiger partial charge >= 0.3 is 0 Å². The molecule has 0 saturated carbocycles. The molecule has 2 amide bonds. The van der Waals surface area contributed by atoms with E-state index in [1.54, 1.807) is 11.9 Å². The molecule has 2 unspecified atom stereocenters. The lowest BCUT2D eigenvalue weighted by atomic mass is 9.86. The smallest absolute Gasteiger partial charge is 0.244 e. The number of nitrogens with one attached hydrogen (secondary N) is 1. The monoisotopic (exact) mass is 227 g/mol. The van der Waals surface area contributed by atoms with Gasteiger partial charge in [-0.05, 0) is 19.8 Å².